The zero-order valence-corrected chi connectivity index (χ0v) is 9.02. The number of rotatable bonds is 4. The van der Waals surface area contributed by atoms with Crippen LogP contribution in [0.4, 0.5) is 0 Å². The molecule has 2 rings (SSSR count). The first-order chi connectivity index (χ1) is 7.16. The van der Waals surface area contributed by atoms with E-state index in [-0.39, 0.29) is 16.3 Å². The van der Waals surface area contributed by atoms with E-state index in [0.717, 1.165) is 6.42 Å². The Balaban J connectivity index is 2.20. The molecule has 0 aromatic carbocycles. The molecule has 1 aliphatic carbocycles. The molecule has 0 aliphatic heterocycles. The smallest absolute Gasteiger partial charge is 0.227 e. The molecule has 4 nitrogen and oxygen atoms in total. The highest BCUT2D eigenvalue weighted by Gasteiger charge is 2.48. The lowest BCUT2D eigenvalue weighted by atomic mass is 10.3. The van der Waals surface area contributed by atoms with Crippen LogP contribution in [0.5, 0.6) is 0 Å². The van der Waals surface area contributed by atoms with E-state index in [0.29, 0.717) is 6.42 Å². The summed E-state index contributed by atoms with van der Waals surface area (Å²) in [6.45, 7) is 3.60. The lowest BCUT2D eigenvalue weighted by Gasteiger charge is -1.99. The van der Waals surface area contributed by atoms with Gasteiger partial charge in [-0.2, -0.15) is 0 Å². The predicted molar refractivity (Wildman–Crippen MR) is 55.9 cm³/mol. The highest BCUT2D eigenvalue weighted by molar-refractivity contribution is 7.92. The van der Waals surface area contributed by atoms with Gasteiger partial charge in [-0.1, -0.05) is 6.08 Å². The largest absolute Gasteiger partial charge is 0.247 e. The molecule has 2 unspecified atom stereocenters. The van der Waals surface area contributed by atoms with Gasteiger partial charge in [0.25, 0.3) is 0 Å². The molecule has 80 valence electrons. The second-order valence-electron chi connectivity index (χ2n) is 3.63. The Labute approximate surface area is 89.0 Å². The molecular formula is C10H12N2O2S. The molecule has 1 aromatic heterocycles. The number of hydrogen-bond acceptors (Lipinski definition) is 4. The van der Waals surface area contributed by atoms with Crippen LogP contribution in [0.15, 0.2) is 36.3 Å². The fourth-order valence-corrected chi connectivity index (χ4v) is 3.43. The highest BCUT2D eigenvalue weighted by Crippen LogP contribution is 2.41. The second kappa shape index (κ2) is 3.73. The quantitative estimate of drug-likeness (QED) is 0.570. The van der Waals surface area contributed by atoms with Crippen molar-refractivity contribution in [2.24, 2.45) is 5.92 Å². The van der Waals surface area contributed by atoms with Gasteiger partial charge in [-0.05, 0) is 24.8 Å². The summed E-state index contributed by atoms with van der Waals surface area (Å²) < 4.78 is 23.8. The van der Waals surface area contributed by atoms with Crippen molar-refractivity contribution in [3.05, 3.63) is 31.1 Å². The van der Waals surface area contributed by atoms with Crippen molar-refractivity contribution in [2.75, 3.05) is 0 Å². The van der Waals surface area contributed by atoms with E-state index < -0.39 is 9.84 Å². The van der Waals surface area contributed by atoms with Crippen LogP contribution in [0.2, 0.25) is 0 Å². The van der Waals surface area contributed by atoms with Crippen molar-refractivity contribution in [2.45, 2.75) is 23.2 Å². The molecule has 5 heteroatoms. The molecule has 1 fully saturated rings. The summed E-state index contributed by atoms with van der Waals surface area (Å²) >= 11 is 0. The third kappa shape index (κ3) is 1.92. The van der Waals surface area contributed by atoms with Crippen LogP contribution in [-0.2, 0) is 9.84 Å². The van der Waals surface area contributed by atoms with E-state index in [1.165, 1.54) is 12.4 Å². The van der Waals surface area contributed by atoms with Gasteiger partial charge in [0.05, 0.1) is 5.25 Å². The summed E-state index contributed by atoms with van der Waals surface area (Å²) in [5, 5.41) is -0.362. The number of hydrogen-bond donors (Lipinski definition) is 0. The Morgan fingerprint density at radius 1 is 1.47 bits per heavy atom. The van der Waals surface area contributed by atoms with Crippen molar-refractivity contribution < 1.29 is 8.42 Å². The molecule has 1 aliphatic rings. The van der Waals surface area contributed by atoms with Crippen molar-refractivity contribution in [3.8, 4) is 0 Å². The molecule has 0 saturated heterocycles. The second-order valence-corrected chi connectivity index (χ2v) is 5.70. The molecule has 1 saturated carbocycles. The van der Waals surface area contributed by atoms with Crippen LogP contribution in [0, 0.1) is 5.92 Å². The van der Waals surface area contributed by atoms with Gasteiger partial charge in [0.2, 0.25) is 15.0 Å². The van der Waals surface area contributed by atoms with Crippen molar-refractivity contribution >= 4 is 9.84 Å². The summed E-state index contributed by atoms with van der Waals surface area (Å²) in [6.07, 6.45) is 6.10. The molecular weight excluding hydrogens is 212 g/mol. The van der Waals surface area contributed by atoms with Crippen LogP contribution in [0.3, 0.4) is 0 Å². The molecule has 1 aromatic rings. The maximum atomic E-state index is 11.9. The zero-order chi connectivity index (χ0) is 10.9. The maximum Gasteiger partial charge on any atom is 0.247 e. The first-order valence-electron chi connectivity index (χ1n) is 4.78. The summed E-state index contributed by atoms with van der Waals surface area (Å²) in [7, 11) is -3.31. The Morgan fingerprint density at radius 3 is 2.73 bits per heavy atom. The van der Waals surface area contributed by atoms with E-state index in [1.807, 2.05) is 0 Å². The van der Waals surface area contributed by atoms with Crippen LogP contribution in [0.1, 0.15) is 12.8 Å². The highest BCUT2D eigenvalue weighted by atomic mass is 32.2. The third-order valence-electron chi connectivity index (χ3n) is 2.52. The van der Waals surface area contributed by atoms with Crippen molar-refractivity contribution in [3.63, 3.8) is 0 Å². The number of sulfone groups is 1. The van der Waals surface area contributed by atoms with Crippen LogP contribution in [0.25, 0.3) is 0 Å². The van der Waals surface area contributed by atoms with Crippen LogP contribution < -0.4 is 0 Å². The SMILES string of the molecule is C=CCC1CC1S(=O)(=O)c1ncccn1. The monoisotopic (exact) mass is 224 g/mol. The van der Waals surface area contributed by atoms with Crippen molar-refractivity contribution in [1.29, 1.82) is 0 Å². The minimum atomic E-state index is -3.31. The molecule has 0 N–H and O–H groups in total. The summed E-state index contributed by atoms with van der Waals surface area (Å²) in [4.78, 5) is 7.56. The van der Waals surface area contributed by atoms with Gasteiger partial charge < -0.3 is 0 Å². The van der Waals surface area contributed by atoms with E-state index in [1.54, 1.807) is 12.1 Å². The Bertz CT molecular complexity index is 456. The number of allylic oxidation sites excluding steroid dienone is 1. The average Bonchev–Trinajstić information content (AvgIpc) is 3.00. The number of nitrogens with zero attached hydrogens (tertiary/aromatic N) is 2. The first-order valence-corrected chi connectivity index (χ1v) is 6.32. The Morgan fingerprint density at radius 2 is 2.13 bits per heavy atom. The summed E-state index contributed by atoms with van der Waals surface area (Å²) in [6, 6.07) is 1.60. The van der Waals surface area contributed by atoms with Gasteiger partial charge in [0, 0.05) is 12.4 Å². The molecule has 0 bridgehead atoms. The minimum Gasteiger partial charge on any atom is -0.227 e. The van der Waals surface area contributed by atoms with Gasteiger partial charge in [0.1, 0.15) is 0 Å². The van der Waals surface area contributed by atoms with Gasteiger partial charge in [-0.25, -0.2) is 18.4 Å². The van der Waals surface area contributed by atoms with Gasteiger partial charge >= 0.3 is 0 Å². The Hall–Kier alpha value is -1.23. The standard InChI is InChI=1S/C10H12N2O2S/c1-2-4-8-7-9(8)15(13,14)10-11-5-3-6-12-10/h2-3,5-6,8-9H,1,4,7H2. The van der Waals surface area contributed by atoms with Gasteiger partial charge in [-0.3, -0.25) is 0 Å². The summed E-state index contributed by atoms with van der Waals surface area (Å²) in [5.74, 6) is 0.205. The fraction of sp³-hybridized carbons (Fsp3) is 0.400. The zero-order valence-electron chi connectivity index (χ0n) is 8.20. The molecule has 1 heterocycles. The van der Waals surface area contributed by atoms with E-state index in [9.17, 15) is 8.42 Å². The fourth-order valence-electron chi connectivity index (χ4n) is 1.63. The third-order valence-corrected chi connectivity index (χ3v) is 4.62. The van der Waals surface area contributed by atoms with Gasteiger partial charge in [-0.15, -0.1) is 6.58 Å². The topological polar surface area (TPSA) is 59.9 Å². The van der Waals surface area contributed by atoms with E-state index >= 15 is 0 Å². The summed E-state index contributed by atoms with van der Waals surface area (Å²) in [5.41, 5.74) is 0. The lowest BCUT2D eigenvalue weighted by molar-refractivity contribution is 0.582. The number of aromatic nitrogens is 2. The first kappa shape index (κ1) is 10.3. The average molecular weight is 224 g/mol. The van der Waals surface area contributed by atoms with Gasteiger partial charge in [0.15, 0.2) is 0 Å². The molecule has 15 heavy (non-hydrogen) atoms. The maximum absolute atomic E-state index is 11.9. The van der Waals surface area contributed by atoms with Crippen LogP contribution >= 0.6 is 0 Å². The molecule has 0 radical (unpaired) electrons. The van der Waals surface area contributed by atoms with Crippen LogP contribution in [-0.4, -0.2) is 23.6 Å². The normalized spacial score (nSPS) is 24.8. The predicted octanol–water partition coefficient (Wildman–Crippen LogP) is 1.21. The van der Waals surface area contributed by atoms with Crippen molar-refractivity contribution in [1.82, 2.24) is 9.97 Å². The molecule has 0 amide bonds. The van der Waals surface area contributed by atoms with E-state index in [2.05, 4.69) is 16.5 Å². The minimum absolute atomic E-state index is 0.0541. The molecule has 0 spiro atoms. The molecule has 2 atom stereocenters. The van der Waals surface area contributed by atoms with E-state index in [4.69, 9.17) is 0 Å². The lowest BCUT2D eigenvalue weighted by Crippen LogP contribution is -2.12. The Kier molecular flexibility index (Phi) is 2.56.